The Hall–Kier alpha value is -1.55. The van der Waals surface area contributed by atoms with Crippen LogP contribution in [0.1, 0.15) is 12.8 Å². The van der Waals surface area contributed by atoms with Crippen LogP contribution in [0, 0.1) is 28.6 Å². The van der Waals surface area contributed by atoms with E-state index in [2.05, 4.69) is 0 Å². The molecule has 4 heteroatoms. The van der Waals surface area contributed by atoms with Crippen LogP contribution >= 0.6 is 0 Å². The number of nitrogens with zero attached hydrogens (tertiary/aromatic N) is 3. The van der Waals surface area contributed by atoms with Crippen molar-refractivity contribution in [3.8, 4) is 12.1 Å². The number of carbonyl (C=O) groups excluding carboxylic acids is 1. The monoisotopic (exact) mass is 163 g/mol. The number of carbonyl (C=O) groups is 1. The molecule has 1 fully saturated rings. The largest absolute Gasteiger partial charge is 0.316 e. The van der Waals surface area contributed by atoms with Crippen molar-refractivity contribution >= 4 is 5.91 Å². The highest BCUT2D eigenvalue weighted by Crippen LogP contribution is 2.30. The van der Waals surface area contributed by atoms with Crippen LogP contribution in [0.5, 0.6) is 0 Å². The molecular formula is C8H9N3O. The minimum atomic E-state index is -0.0434. The molecule has 0 N–H and O–H groups in total. The number of rotatable bonds is 3. The topological polar surface area (TPSA) is 67.9 Å². The van der Waals surface area contributed by atoms with Crippen LogP contribution in [0.25, 0.3) is 0 Å². The van der Waals surface area contributed by atoms with E-state index in [9.17, 15) is 4.79 Å². The van der Waals surface area contributed by atoms with Gasteiger partial charge in [-0.05, 0) is 12.8 Å². The Morgan fingerprint density at radius 1 is 1.33 bits per heavy atom. The van der Waals surface area contributed by atoms with E-state index in [4.69, 9.17) is 10.5 Å². The van der Waals surface area contributed by atoms with Crippen molar-refractivity contribution in [1.29, 1.82) is 10.5 Å². The third kappa shape index (κ3) is 1.96. The molecule has 0 spiro atoms. The minimum Gasteiger partial charge on any atom is -0.316 e. The number of nitriles is 2. The SMILES string of the molecule is N#CCN(CC#N)C(=O)C1CC1. The van der Waals surface area contributed by atoms with E-state index < -0.39 is 0 Å². The van der Waals surface area contributed by atoms with Crippen LogP contribution in [0.3, 0.4) is 0 Å². The van der Waals surface area contributed by atoms with Crippen LogP contribution in [0.4, 0.5) is 0 Å². The second-order valence-electron chi connectivity index (χ2n) is 2.78. The maximum absolute atomic E-state index is 11.3. The quantitative estimate of drug-likeness (QED) is 0.561. The fourth-order valence-corrected chi connectivity index (χ4v) is 0.971. The summed E-state index contributed by atoms with van der Waals surface area (Å²) in [6.07, 6.45) is 1.82. The van der Waals surface area contributed by atoms with Crippen molar-refractivity contribution in [2.24, 2.45) is 5.92 Å². The molecule has 1 saturated carbocycles. The Labute approximate surface area is 71.0 Å². The average Bonchev–Trinajstić information content (AvgIpc) is 2.85. The van der Waals surface area contributed by atoms with Crippen molar-refractivity contribution in [3.05, 3.63) is 0 Å². The first-order chi connectivity index (χ1) is 5.79. The number of hydrogen-bond donors (Lipinski definition) is 0. The van der Waals surface area contributed by atoms with E-state index in [1.807, 2.05) is 12.1 Å². The first kappa shape index (κ1) is 8.55. The van der Waals surface area contributed by atoms with Gasteiger partial charge in [-0.1, -0.05) is 0 Å². The zero-order valence-corrected chi connectivity index (χ0v) is 6.66. The lowest BCUT2D eigenvalue weighted by molar-refractivity contribution is -0.131. The lowest BCUT2D eigenvalue weighted by atomic mass is 10.3. The van der Waals surface area contributed by atoms with Gasteiger partial charge in [0.05, 0.1) is 12.1 Å². The summed E-state index contributed by atoms with van der Waals surface area (Å²) in [6.45, 7) is 0.0613. The van der Waals surface area contributed by atoms with E-state index in [0.29, 0.717) is 0 Å². The lowest BCUT2D eigenvalue weighted by Gasteiger charge is -2.14. The second kappa shape index (κ2) is 3.73. The summed E-state index contributed by atoms with van der Waals surface area (Å²) < 4.78 is 0. The molecule has 0 aromatic rings. The van der Waals surface area contributed by atoms with Gasteiger partial charge in [0.2, 0.25) is 5.91 Å². The maximum Gasteiger partial charge on any atom is 0.227 e. The molecule has 0 aromatic heterocycles. The van der Waals surface area contributed by atoms with Gasteiger partial charge in [-0.2, -0.15) is 10.5 Å². The number of hydrogen-bond acceptors (Lipinski definition) is 3. The van der Waals surface area contributed by atoms with Crippen molar-refractivity contribution in [2.75, 3.05) is 13.1 Å². The molecule has 0 bridgehead atoms. The lowest BCUT2D eigenvalue weighted by Crippen LogP contribution is -2.32. The zero-order chi connectivity index (χ0) is 8.97. The number of amides is 1. The maximum atomic E-state index is 11.3. The molecule has 0 unspecified atom stereocenters. The average molecular weight is 163 g/mol. The molecule has 62 valence electrons. The molecule has 12 heavy (non-hydrogen) atoms. The summed E-state index contributed by atoms with van der Waals surface area (Å²) in [4.78, 5) is 12.6. The first-order valence-corrected chi connectivity index (χ1v) is 3.82. The molecule has 0 aromatic carbocycles. The molecule has 0 aliphatic heterocycles. The normalized spacial score (nSPS) is 14.5. The van der Waals surface area contributed by atoms with Gasteiger partial charge in [-0.15, -0.1) is 0 Å². The van der Waals surface area contributed by atoms with Crippen LogP contribution in [0.15, 0.2) is 0 Å². The molecule has 1 rings (SSSR count). The summed E-state index contributed by atoms with van der Waals surface area (Å²) in [5.74, 6) is 0.0461. The second-order valence-corrected chi connectivity index (χ2v) is 2.78. The van der Waals surface area contributed by atoms with E-state index in [0.717, 1.165) is 12.8 Å². The Morgan fingerprint density at radius 3 is 2.17 bits per heavy atom. The van der Waals surface area contributed by atoms with Crippen molar-refractivity contribution in [2.45, 2.75) is 12.8 Å². The third-order valence-corrected chi connectivity index (χ3v) is 1.76. The first-order valence-electron chi connectivity index (χ1n) is 3.82. The molecular weight excluding hydrogens is 154 g/mol. The molecule has 1 aliphatic rings. The molecule has 0 heterocycles. The smallest absolute Gasteiger partial charge is 0.227 e. The summed E-state index contributed by atoms with van der Waals surface area (Å²) >= 11 is 0. The summed E-state index contributed by atoms with van der Waals surface area (Å²) in [6, 6.07) is 3.74. The molecule has 0 radical (unpaired) electrons. The molecule has 4 nitrogen and oxygen atoms in total. The highest BCUT2D eigenvalue weighted by Gasteiger charge is 2.33. The predicted octanol–water partition coefficient (Wildman–Crippen LogP) is 0.272. The van der Waals surface area contributed by atoms with Crippen LogP contribution in [-0.2, 0) is 4.79 Å². The van der Waals surface area contributed by atoms with Gasteiger partial charge < -0.3 is 4.90 Å². The molecule has 0 atom stereocenters. The summed E-state index contributed by atoms with van der Waals surface area (Å²) in [5.41, 5.74) is 0. The van der Waals surface area contributed by atoms with Gasteiger partial charge in [0, 0.05) is 5.92 Å². The van der Waals surface area contributed by atoms with Gasteiger partial charge in [-0.3, -0.25) is 4.79 Å². The fourth-order valence-electron chi connectivity index (χ4n) is 0.971. The van der Waals surface area contributed by atoms with E-state index in [-0.39, 0.29) is 24.9 Å². The van der Waals surface area contributed by atoms with Gasteiger partial charge in [0.1, 0.15) is 13.1 Å². The van der Waals surface area contributed by atoms with Crippen molar-refractivity contribution in [1.82, 2.24) is 4.90 Å². The Kier molecular flexibility index (Phi) is 2.66. The van der Waals surface area contributed by atoms with Crippen LogP contribution < -0.4 is 0 Å². The Morgan fingerprint density at radius 2 is 1.83 bits per heavy atom. The third-order valence-electron chi connectivity index (χ3n) is 1.76. The van der Waals surface area contributed by atoms with Crippen molar-refractivity contribution < 1.29 is 4.79 Å². The molecule has 0 saturated heterocycles. The van der Waals surface area contributed by atoms with Crippen molar-refractivity contribution in [3.63, 3.8) is 0 Å². The van der Waals surface area contributed by atoms with Crippen LogP contribution in [-0.4, -0.2) is 23.9 Å². The van der Waals surface area contributed by atoms with Gasteiger partial charge in [0.15, 0.2) is 0 Å². The van der Waals surface area contributed by atoms with Crippen LogP contribution in [0.2, 0.25) is 0 Å². The van der Waals surface area contributed by atoms with E-state index >= 15 is 0 Å². The van der Waals surface area contributed by atoms with E-state index in [1.165, 1.54) is 4.90 Å². The minimum absolute atomic E-state index is 0.0306. The highest BCUT2D eigenvalue weighted by molar-refractivity contribution is 5.81. The van der Waals surface area contributed by atoms with E-state index in [1.54, 1.807) is 0 Å². The Balaban J connectivity index is 2.47. The van der Waals surface area contributed by atoms with Gasteiger partial charge >= 0.3 is 0 Å². The summed E-state index contributed by atoms with van der Waals surface area (Å²) in [5, 5.41) is 16.7. The van der Waals surface area contributed by atoms with Gasteiger partial charge in [-0.25, -0.2) is 0 Å². The standard InChI is InChI=1S/C8H9N3O/c9-3-5-11(6-4-10)8(12)7-1-2-7/h7H,1-2,5-6H2. The summed E-state index contributed by atoms with van der Waals surface area (Å²) in [7, 11) is 0. The molecule has 1 aliphatic carbocycles. The fraction of sp³-hybridized carbons (Fsp3) is 0.625. The Bertz CT molecular complexity index is 240. The highest BCUT2D eigenvalue weighted by atomic mass is 16.2. The molecule has 1 amide bonds. The van der Waals surface area contributed by atoms with Gasteiger partial charge in [0.25, 0.3) is 0 Å². The zero-order valence-electron chi connectivity index (χ0n) is 6.66. The predicted molar refractivity (Wildman–Crippen MR) is 40.5 cm³/mol.